The van der Waals surface area contributed by atoms with Crippen molar-refractivity contribution in [2.75, 3.05) is 9.80 Å². The van der Waals surface area contributed by atoms with E-state index in [1.54, 1.807) is 0 Å². The smallest absolute Gasteiger partial charge is 0.164 e. The lowest BCUT2D eigenvalue weighted by Gasteiger charge is -2.38. The van der Waals surface area contributed by atoms with Gasteiger partial charge < -0.3 is 9.80 Å². The lowest BCUT2D eigenvalue weighted by atomic mass is 9.65. The molecule has 0 radical (unpaired) electrons. The van der Waals surface area contributed by atoms with E-state index in [-0.39, 0.29) is 0 Å². The zero-order valence-corrected chi connectivity index (χ0v) is 47.4. The predicted molar refractivity (Wildman–Crippen MR) is 354 cm³/mol. The first-order valence-electron chi connectivity index (χ1n) is 29.1. The van der Waals surface area contributed by atoms with Crippen molar-refractivity contribution in [3.05, 3.63) is 362 Å². The Kier molecular flexibility index (Phi) is 14.8. The van der Waals surface area contributed by atoms with Crippen molar-refractivity contribution in [2.45, 2.75) is 5.41 Å². The molecule has 0 bridgehead atoms. The van der Waals surface area contributed by atoms with Crippen LogP contribution in [0.3, 0.4) is 0 Å². The molecular formula is C79H56N8. The second-order valence-electron chi connectivity index (χ2n) is 21.1. The second kappa shape index (κ2) is 24.2. The van der Waals surface area contributed by atoms with E-state index < -0.39 is 5.41 Å². The average Bonchev–Trinajstić information content (AvgIpc) is 1.07. The third-order valence-corrected chi connectivity index (χ3v) is 15.7. The maximum absolute atomic E-state index is 5.16. The number of benzene rings is 12. The highest BCUT2D eigenvalue weighted by Crippen LogP contribution is 2.48. The normalized spacial score (nSPS) is 11.2. The van der Waals surface area contributed by atoms with E-state index in [0.717, 1.165) is 89.8 Å². The standard InChI is InChI=1S/C79H56N8/c1-9-25-57(26-10-1)73-80-74(58-27-11-2-12-28-58)83-77(82-73)61-41-45-63(46-42-61)79(65-49-53-71(54-50-65)86(67-33-17-5-18-34-67)68-35-19-6-20-36-68,66-51-55-72(56-52-66)87(69-37-21-7-22-38-69)70-39-23-8-24-40-70)64-47-43-62(44-48-64)78-84-75(59-29-13-3-14-30-59)81-76(85-78)60-31-15-4-16-32-60/h1-56H. The van der Waals surface area contributed by atoms with Crippen molar-refractivity contribution in [1.29, 1.82) is 0 Å². The molecule has 2 aromatic heterocycles. The molecule has 2 heterocycles. The highest BCUT2D eigenvalue weighted by molar-refractivity contribution is 5.80. The summed E-state index contributed by atoms with van der Waals surface area (Å²) in [5.74, 6) is 3.55. The van der Waals surface area contributed by atoms with E-state index in [2.05, 4.69) is 228 Å². The van der Waals surface area contributed by atoms with E-state index in [1.165, 1.54) is 0 Å². The molecule has 0 aliphatic heterocycles. The largest absolute Gasteiger partial charge is 0.311 e. The fourth-order valence-electron chi connectivity index (χ4n) is 11.5. The number of hydrogen-bond donors (Lipinski definition) is 0. The van der Waals surface area contributed by atoms with Crippen molar-refractivity contribution < 1.29 is 0 Å². The highest BCUT2D eigenvalue weighted by Gasteiger charge is 2.39. The van der Waals surface area contributed by atoms with Gasteiger partial charge in [0.25, 0.3) is 0 Å². The summed E-state index contributed by atoms with van der Waals surface area (Å²) in [7, 11) is 0. The Balaban J connectivity index is 0.983. The van der Waals surface area contributed by atoms with E-state index in [4.69, 9.17) is 29.9 Å². The summed E-state index contributed by atoms with van der Waals surface area (Å²) >= 11 is 0. The van der Waals surface area contributed by atoms with Crippen LogP contribution >= 0.6 is 0 Å². The zero-order valence-electron chi connectivity index (χ0n) is 47.4. The van der Waals surface area contributed by atoms with Crippen LogP contribution in [0, 0.1) is 0 Å². The van der Waals surface area contributed by atoms with Crippen LogP contribution in [-0.4, -0.2) is 29.9 Å². The number of para-hydroxylation sites is 4. The van der Waals surface area contributed by atoms with Crippen LogP contribution in [-0.2, 0) is 5.41 Å². The highest BCUT2D eigenvalue weighted by atomic mass is 15.1. The molecule has 0 unspecified atom stereocenters. The first kappa shape index (κ1) is 53.3. The van der Waals surface area contributed by atoms with Gasteiger partial charge in [-0.05, 0) is 95.1 Å². The first-order valence-corrected chi connectivity index (χ1v) is 29.1. The predicted octanol–water partition coefficient (Wildman–Crippen LogP) is 19.4. The lowest BCUT2D eigenvalue weighted by molar-refractivity contribution is 0.745. The second-order valence-corrected chi connectivity index (χ2v) is 21.1. The monoisotopic (exact) mass is 1120 g/mol. The summed E-state index contributed by atoms with van der Waals surface area (Å²) in [4.78, 5) is 35.3. The van der Waals surface area contributed by atoms with Crippen LogP contribution in [0.1, 0.15) is 22.3 Å². The van der Waals surface area contributed by atoms with Gasteiger partial charge in [0.15, 0.2) is 34.9 Å². The van der Waals surface area contributed by atoms with E-state index >= 15 is 0 Å². The summed E-state index contributed by atoms with van der Waals surface area (Å²) in [6, 6.07) is 118. The van der Waals surface area contributed by atoms with E-state index in [9.17, 15) is 0 Å². The van der Waals surface area contributed by atoms with Crippen molar-refractivity contribution in [3.63, 3.8) is 0 Å². The molecule has 8 nitrogen and oxygen atoms in total. The Bertz CT molecular complexity index is 4050. The van der Waals surface area contributed by atoms with Gasteiger partial charge in [-0.15, -0.1) is 0 Å². The molecule has 8 heteroatoms. The van der Waals surface area contributed by atoms with Crippen molar-refractivity contribution in [1.82, 2.24) is 29.9 Å². The van der Waals surface area contributed by atoms with Gasteiger partial charge in [0, 0.05) is 67.5 Å². The molecule has 0 amide bonds. The Morgan fingerprint density at radius 1 is 0.161 bits per heavy atom. The van der Waals surface area contributed by atoms with Crippen molar-refractivity contribution in [2.24, 2.45) is 0 Å². The van der Waals surface area contributed by atoms with Crippen LogP contribution in [0.15, 0.2) is 340 Å². The van der Waals surface area contributed by atoms with Gasteiger partial charge in [0.05, 0.1) is 5.41 Å². The minimum atomic E-state index is -0.935. The van der Waals surface area contributed by atoms with Crippen LogP contribution < -0.4 is 9.80 Å². The van der Waals surface area contributed by atoms with Gasteiger partial charge in [0.1, 0.15) is 0 Å². The number of rotatable bonds is 16. The van der Waals surface area contributed by atoms with Crippen LogP contribution in [0.2, 0.25) is 0 Å². The number of nitrogens with zero attached hydrogens (tertiary/aromatic N) is 8. The van der Waals surface area contributed by atoms with Gasteiger partial charge in [0.2, 0.25) is 0 Å². The quantitative estimate of drug-likeness (QED) is 0.0885. The Morgan fingerprint density at radius 2 is 0.322 bits per heavy atom. The van der Waals surface area contributed by atoms with E-state index in [0.29, 0.717) is 34.9 Å². The molecule has 0 saturated heterocycles. The summed E-state index contributed by atoms with van der Waals surface area (Å²) in [5, 5.41) is 0. The lowest BCUT2D eigenvalue weighted by Crippen LogP contribution is -2.31. The maximum atomic E-state index is 5.16. The van der Waals surface area contributed by atoms with Crippen LogP contribution in [0.4, 0.5) is 34.1 Å². The fourth-order valence-corrected chi connectivity index (χ4v) is 11.5. The molecule has 0 fully saturated rings. The molecule has 0 saturated carbocycles. The van der Waals surface area contributed by atoms with Gasteiger partial charge >= 0.3 is 0 Å². The summed E-state index contributed by atoms with van der Waals surface area (Å²) in [6.07, 6.45) is 0. The van der Waals surface area contributed by atoms with Gasteiger partial charge in [-0.1, -0.05) is 267 Å². The summed E-state index contributed by atoms with van der Waals surface area (Å²) in [5.41, 5.74) is 14.8. The molecule has 87 heavy (non-hydrogen) atoms. The summed E-state index contributed by atoms with van der Waals surface area (Å²) < 4.78 is 0. The molecule has 0 spiro atoms. The van der Waals surface area contributed by atoms with Crippen LogP contribution in [0.5, 0.6) is 0 Å². The number of hydrogen-bond acceptors (Lipinski definition) is 8. The minimum Gasteiger partial charge on any atom is -0.311 e. The SMILES string of the molecule is c1ccc(-c2nc(-c3ccccc3)nc(-c3ccc(C(c4ccc(-c5nc(-c6ccccc6)nc(-c6ccccc6)n5)cc4)(c4ccc(N(c5ccccc5)c5ccccc5)cc4)c4ccc(N(c5ccccc5)c5ccccc5)cc4)cc3)n2)cc1. The third-order valence-electron chi connectivity index (χ3n) is 15.7. The summed E-state index contributed by atoms with van der Waals surface area (Å²) in [6.45, 7) is 0. The molecule has 14 aromatic rings. The molecule has 14 rings (SSSR count). The first-order chi connectivity index (χ1) is 43.1. The average molecular weight is 1120 g/mol. The molecule has 0 atom stereocenters. The zero-order chi connectivity index (χ0) is 58.2. The van der Waals surface area contributed by atoms with Gasteiger partial charge in [-0.25, -0.2) is 29.9 Å². The Morgan fingerprint density at radius 3 is 0.529 bits per heavy atom. The maximum Gasteiger partial charge on any atom is 0.164 e. The van der Waals surface area contributed by atoms with E-state index in [1.807, 2.05) is 121 Å². The minimum absolute atomic E-state index is 0.573. The van der Waals surface area contributed by atoms with Crippen LogP contribution in [0.25, 0.3) is 68.3 Å². The molecule has 412 valence electrons. The van der Waals surface area contributed by atoms with Gasteiger partial charge in [-0.2, -0.15) is 0 Å². The van der Waals surface area contributed by atoms with Gasteiger partial charge in [-0.3, -0.25) is 0 Å². The topological polar surface area (TPSA) is 83.8 Å². The van der Waals surface area contributed by atoms with Crippen molar-refractivity contribution in [3.8, 4) is 68.3 Å². The molecule has 0 N–H and O–H groups in total. The third kappa shape index (κ3) is 10.9. The molecule has 12 aromatic carbocycles. The van der Waals surface area contributed by atoms with Crippen molar-refractivity contribution >= 4 is 34.1 Å². The number of aromatic nitrogens is 6. The molecular weight excluding hydrogens is 1060 g/mol. The fraction of sp³-hybridized carbons (Fsp3) is 0.0127. The Hall–Kier alpha value is -11.7. The number of anilines is 6. The molecule has 0 aliphatic carbocycles. The Labute approximate surface area is 506 Å². The molecule has 0 aliphatic rings.